The quantitative estimate of drug-likeness (QED) is 0.894. The van der Waals surface area contributed by atoms with E-state index < -0.39 is 0 Å². The van der Waals surface area contributed by atoms with Gasteiger partial charge in [-0.3, -0.25) is 0 Å². The standard InChI is InChI=1S/C13H21BrN2S/c1-16(2)13(7-3-4-8-13)10-15-9-11-5-6-12(14)17-11/h5-6,15H,3-4,7-10H2,1-2H3. The van der Waals surface area contributed by atoms with Gasteiger partial charge in [-0.25, -0.2) is 0 Å². The maximum absolute atomic E-state index is 3.63. The molecule has 0 radical (unpaired) electrons. The van der Waals surface area contributed by atoms with Crippen LogP contribution in [0.4, 0.5) is 0 Å². The van der Waals surface area contributed by atoms with E-state index in [1.807, 2.05) is 11.3 Å². The number of nitrogens with one attached hydrogen (secondary N) is 1. The average Bonchev–Trinajstić information content (AvgIpc) is 2.89. The summed E-state index contributed by atoms with van der Waals surface area (Å²) in [5, 5.41) is 3.63. The summed E-state index contributed by atoms with van der Waals surface area (Å²) in [6.07, 6.45) is 5.43. The van der Waals surface area contributed by atoms with Gasteiger partial charge in [0.1, 0.15) is 0 Å². The lowest BCUT2D eigenvalue weighted by atomic mass is 9.96. The third kappa shape index (κ3) is 3.31. The van der Waals surface area contributed by atoms with E-state index in [9.17, 15) is 0 Å². The molecule has 0 aliphatic heterocycles. The largest absolute Gasteiger partial charge is 0.310 e. The Morgan fingerprint density at radius 3 is 2.59 bits per heavy atom. The molecular formula is C13H21BrN2S. The van der Waals surface area contributed by atoms with E-state index in [4.69, 9.17) is 0 Å². The van der Waals surface area contributed by atoms with E-state index in [0.29, 0.717) is 5.54 Å². The Kier molecular flexibility index (Phi) is 4.64. The molecule has 4 heteroatoms. The van der Waals surface area contributed by atoms with Gasteiger partial charge in [0.25, 0.3) is 0 Å². The first-order valence-corrected chi connectivity index (χ1v) is 7.86. The summed E-state index contributed by atoms with van der Waals surface area (Å²) < 4.78 is 1.22. The lowest BCUT2D eigenvalue weighted by Crippen LogP contribution is -2.49. The normalized spacial score (nSPS) is 19.1. The van der Waals surface area contributed by atoms with Crippen molar-refractivity contribution in [2.45, 2.75) is 37.8 Å². The molecule has 0 amide bonds. The van der Waals surface area contributed by atoms with Crippen LogP contribution in [0.5, 0.6) is 0 Å². The molecule has 17 heavy (non-hydrogen) atoms. The Bertz CT molecular complexity index is 356. The second kappa shape index (κ2) is 5.83. The first-order chi connectivity index (χ1) is 8.12. The fourth-order valence-electron chi connectivity index (χ4n) is 2.68. The van der Waals surface area contributed by atoms with E-state index in [1.54, 1.807) is 0 Å². The summed E-state index contributed by atoms with van der Waals surface area (Å²) in [6.45, 7) is 2.10. The zero-order chi connectivity index (χ0) is 12.3. The molecule has 0 bridgehead atoms. The molecule has 1 N–H and O–H groups in total. The molecule has 0 saturated heterocycles. The van der Waals surface area contributed by atoms with Crippen LogP contribution >= 0.6 is 27.3 Å². The number of rotatable bonds is 5. The van der Waals surface area contributed by atoms with Crippen molar-refractivity contribution in [3.63, 3.8) is 0 Å². The van der Waals surface area contributed by atoms with Gasteiger partial charge in [-0.15, -0.1) is 11.3 Å². The molecule has 1 aliphatic rings. The Morgan fingerprint density at radius 1 is 1.35 bits per heavy atom. The Balaban J connectivity index is 1.84. The molecule has 1 heterocycles. The van der Waals surface area contributed by atoms with Gasteiger partial charge < -0.3 is 10.2 Å². The Morgan fingerprint density at radius 2 is 2.06 bits per heavy atom. The molecule has 1 saturated carbocycles. The highest BCUT2D eigenvalue weighted by Gasteiger charge is 2.35. The molecule has 1 aromatic heterocycles. The maximum Gasteiger partial charge on any atom is 0.0701 e. The number of nitrogens with zero attached hydrogens (tertiary/aromatic N) is 1. The summed E-state index contributed by atoms with van der Waals surface area (Å²) in [7, 11) is 4.43. The fourth-order valence-corrected chi connectivity index (χ4v) is 4.13. The lowest BCUT2D eigenvalue weighted by molar-refractivity contribution is 0.154. The van der Waals surface area contributed by atoms with Crippen LogP contribution < -0.4 is 5.32 Å². The van der Waals surface area contributed by atoms with Gasteiger partial charge in [-0.1, -0.05) is 12.8 Å². The Labute approximate surface area is 117 Å². The topological polar surface area (TPSA) is 15.3 Å². The third-order valence-corrected chi connectivity index (χ3v) is 5.49. The van der Waals surface area contributed by atoms with Crippen LogP contribution in [0, 0.1) is 0 Å². The molecular weight excluding hydrogens is 296 g/mol. The number of hydrogen-bond acceptors (Lipinski definition) is 3. The highest BCUT2D eigenvalue weighted by Crippen LogP contribution is 2.33. The van der Waals surface area contributed by atoms with Gasteiger partial charge in [0.05, 0.1) is 3.79 Å². The van der Waals surface area contributed by atoms with Crippen molar-refractivity contribution >= 4 is 27.3 Å². The van der Waals surface area contributed by atoms with Crippen LogP contribution in [-0.2, 0) is 6.54 Å². The second-order valence-electron chi connectivity index (χ2n) is 5.14. The van der Waals surface area contributed by atoms with Crippen LogP contribution in [0.15, 0.2) is 15.9 Å². The first-order valence-electron chi connectivity index (χ1n) is 6.25. The van der Waals surface area contributed by atoms with E-state index in [2.05, 4.69) is 52.4 Å². The zero-order valence-electron chi connectivity index (χ0n) is 10.6. The van der Waals surface area contributed by atoms with E-state index >= 15 is 0 Å². The molecule has 0 aromatic carbocycles. The molecule has 2 nitrogen and oxygen atoms in total. The van der Waals surface area contributed by atoms with Crippen LogP contribution in [-0.4, -0.2) is 31.1 Å². The molecule has 0 unspecified atom stereocenters. The van der Waals surface area contributed by atoms with E-state index in [1.165, 1.54) is 34.3 Å². The molecule has 0 spiro atoms. The van der Waals surface area contributed by atoms with E-state index in [-0.39, 0.29) is 0 Å². The predicted octanol–water partition coefficient (Wildman–Crippen LogP) is 3.47. The Hall–Kier alpha value is 0.1000. The first kappa shape index (κ1) is 13.5. The molecule has 2 rings (SSSR count). The van der Waals surface area contributed by atoms with Crippen molar-refractivity contribution in [1.82, 2.24) is 10.2 Å². The number of hydrogen-bond donors (Lipinski definition) is 1. The maximum atomic E-state index is 3.63. The molecule has 0 atom stereocenters. The van der Waals surface area contributed by atoms with Crippen molar-refractivity contribution in [2.24, 2.45) is 0 Å². The van der Waals surface area contributed by atoms with Crippen molar-refractivity contribution in [3.8, 4) is 0 Å². The van der Waals surface area contributed by atoms with E-state index in [0.717, 1.165) is 13.1 Å². The second-order valence-corrected chi connectivity index (χ2v) is 7.68. The SMILES string of the molecule is CN(C)C1(CNCc2ccc(Br)s2)CCCC1. The average molecular weight is 317 g/mol. The van der Waals surface area contributed by atoms with Gasteiger partial charge in [-0.05, 0) is 55.0 Å². The number of likely N-dealkylation sites (N-methyl/N-ethyl adjacent to an activating group) is 1. The van der Waals surface area contributed by atoms with Gasteiger partial charge in [0.2, 0.25) is 0 Å². The third-order valence-electron chi connectivity index (χ3n) is 3.87. The van der Waals surface area contributed by atoms with Crippen molar-refractivity contribution in [2.75, 3.05) is 20.6 Å². The highest BCUT2D eigenvalue weighted by molar-refractivity contribution is 9.11. The van der Waals surface area contributed by atoms with Gasteiger partial charge >= 0.3 is 0 Å². The van der Waals surface area contributed by atoms with Crippen LogP contribution in [0.2, 0.25) is 0 Å². The van der Waals surface area contributed by atoms with Crippen molar-refractivity contribution in [1.29, 1.82) is 0 Å². The molecule has 1 aliphatic carbocycles. The van der Waals surface area contributed by atoms with Crippen molar-refractivity contribution < 1.29 is 0 Å². The van der Waals surface area contributed by atoms with Crippen LogP contribution in [0.25, 0.3) is 0 Å². The van der Waals surface area contributed by atoms with Crippen LogP contribution in [0.1, 0.15) is 30.6 Å². The molecule has 96 valence electrons. The van der Waals surface area contributed by atoms with Crippen molar-refractivity contribution in [3.05, 3.63) is 20.8 Å². The summed E-state index contributed by atoms with van der Waals surface area (Å²) in [5.74, 6) is 0. The molecule has 1 aromatic rings. The lowest BCUT2D eigenvalue weighted by Gasteiger charge is -2.36. The summed E-state index contributed by atoms with van der Waals surface area (Å²) in [5.41, 5.74) is 0.397. The van der Waals surface area contributed by atoms with Gasteiger partial charge in [-0.2, -0.15) is 0 Å². The molecule has 1 fully saturated rings. The summed E-state index contributed by atoms with van der Waals surface area (Å²) in [6, 6.07) is 4.32. The smallest absolute Gasteiger partial charge is 0.0701 e. The van der Waals surface area contributed by atoms with Crippen LogP contribution in [0.3, 0.4) is 0 Å². The fraction of sp³-hybridized carbons (Fsp3) is 0.692. The minimum Gasteiger partial charge on any atom is -0.310 e. The summed E-state index contributed by atoms with van der Waals surface area (Å²) in [4.78, 5) is 3.82. The minimum atomic E-state index is 0.397. The predicted molar refractivity (Wildman–Crippen MR) is 78.6 cm³/mol. The monoisotopic (exact) mass is 316 g/mol. The minimum absolute atomic E-state index is 0.397. The zero-order valence-corrected chi connectivity index (χ0v) is 13.0. The van der Waals surface area contributed by atoms with Gasteiger partial charge in [0.15, 0.2) is 0 Å². The van der Waals surface area contributed by atoms with Gasteiger partial charge in [0, 0.05) is 23.5 Å². The summed E-state index contributed by atoms with van der Waals surface area (Å²) >= 11 is 5.32. The number of halogens is 1. The highest BCUT2D eigenvalue weighted by atomic mass is 79.9. The number of thiophene rings is 1.